The molecule has 2 aliphatic heterocycles. The molecule has 0 saturated heterocycles. The van der Waals surface area contributed by atoms with Crippen molar-refractivity contribution in [3.8, 4) is 66.8 Å². The zero-order chi connectivity index (χ0) is 54.3. The maximum atomic E-state index is 2.54. The van der Waals surface area contributed by atoms with E-state index < -0.39 is 0 Å². The summed E-state index contributed by atoms with van der Waals surface area (Å²) < 4.78 is 0. The quantitative estimate of drug-likeness (QED) is 0.120. The SMILES string of the molecule is c1ccc(-c2ccc(N(c3ccc(-c4ccccc4)cc3)c3cc4c5c(c3)N(c3ccc(-c6ccccc6)cc3)c3ccc(-c6ccccc6)cc3B5c3cc(-c5ccccc5)ccc3N4c3ccc(-c4ccccc4)cc3)cc2)cc1. The first-order chi connectivity index (χ1) is 40.7. The van der Waals surface area contributed by atoms with Gasteiger partial charge >= 0.3 is 0 Å². The normalized spacial score (nSPS) is 12.1. The fourth-order valence-corrected chi connectivity index (χ4v) is 12.5. The van der Waals surface area contributed by atoms with Crippen molar-refractivity contribution < 1.29 is 0 Å². The van der Waals surface area contributed by atoms with Crippen LogP contribution in [0.4, 0.5) is 51.2 Å². The topological polar surface area (TPSA) is 9.72 Å². The molecule has 0 fully saturated rings. The van der Waals surface area contributed by atoms with Gasteiger partial charge in [0.15, 0.2) is 0 Å². The van der Waals surface area contributed by atoms with E-state index in [1.165, 1.54) is 83.1 Å². The van der Waals surface area contributed by atoms with Crippen molar-refractivity contribution in [2.24, 2.45) is 0 Å². The van der Waals surface area contributed by atoms with Crippen molar-refractivity contribution in [2.75, 3.05) is 14.7 Å². The molecule has 82 heavy (non-hydrogen) atoms. The van der Waals surface area contributed by atoms with Crippen LogP contribution in [0.15, 0.2) is 328 Å². The van der Waals surface area contributed by atoms with Crippen LogP contribution in [-0.4, -0.2) is 6.71 Å². The first kappa shape index (κ1) is 48.5. The maximum absolute atomic E-state index is 2.54. The van der Waals surface area contributed by atoms with Crippen molar-refractivity contribution in [1.82, 2.24) is 0 Å². The number of hydrogen-bond acceptors (Lipinski definition) is 3. The molecule has 0 saturated carbocycles. The van der Waals surface area contributed by atoms with Gasteiger partial charge in [-0.05, 0) is 156 Å². The zero-order valence-electron chi connectivity index (χ0n) is 45.1. The predicted molar refractivity (Wildman–Crippen MR) is 348 cm³/mol. The molecule has 15 rings (SSSR count). The van der Waals surface area contributed by atoms with E-state index in [-0.39, 0.29) is 6.71 Å². The average Bonchev–Trinajstić information content (AvgIpc) is 3.37. The van der Waals surface area contributed by atoms with E-state index in [0.717, 1.165) is 51.2 Å². The maximum Gasteiger partial charge on any atom is 0.252 e. The van der Waals surface area contributed by atoms with Crippen LogP contribution in [0.1, 0.15) is 0 Å². The Kier molecular flexibility index (Phi) is 12.3. The van der Waals surface area contributed by atoms with Gasteiger partial charge in [-0.3, -0.25) is 0 Å². The van der Waals surface area contributed by atoms with Crippen LogP contribution in [0.5, 0.6) is 0 Å². The van der Waals surface area contributed by atoms with Gasteiger partial charge in [0.1, 0.15) is 0 Å². The zero-order valence-corrected chi connectivity index (χ0v) is 45.1. The largest absolute Gasteiger partial charge is 0.311 e. The van der Waals surface area contributed by atoms with Crippen LogP contribution >= 0.6 is 0 Å². The van der Waals surface area contributed by atoms with Crippen LogP contribution in [0.25, 0.3) is 66.8 Å². The fraction of sp³-hybridized carbons (Fsp3) is 0. The van der Waals surface area contributed by atoms with Crippen molar-refractivity contribution >= 4 is 74.3 Å². The molecule has 13 aromatic carbocycles. The van der Waals surface area contributed by atoms with Gasteiger partial charge in [0.2, 0.25) is 0 Å². The molecular formula is C78H54BN3. The van der Waals surface area contributed by atoms with Crippen molar-refractivity contribution in [2.45, 2.75) is 0 Å². The third-order valence-corrected chi connectivity index (χ3v) is 16.5. The molecular weight excluding hydrogens is 990 g/mol. The molecule has 0 bridgehead atoms. The molecule has 4 heteroatoms. The van der Waals surface area contributed by atoms with Crippen LogP contribution in [0.3, 0.4) is 0 Å². The van der Waals surface area contributed by atoms with Crippen molar-refractivity contribution in [3.63, 3.8) is 0 Å². The van der Waals surface area contributed by atoms with Crippen molar-refractivity contribution in [3.05, 3.63) is 328 Å². The summed E-state index contributed by atoms with van der Waals surface area (Å²) in [5.74, 6) is 0. The Morgan fingerprint density at radius 2 is 0.463 bits per heavy atom. The Balaban J connectivity index is 1.02. The van der Waals surface area contributed by atoms with E-state index in [0.29, 0.717) is 0 Å². The minimum Gasteiger partial charge on any atom is -0.311 e. The third-order valence-electron chi connectivity index (χ3n) is 16.5. The Morgan fingerprint density at radius 3 is 0.768 bits per heavy atom. The second kappa shape index (κ2) is 20.8. The van der Waals surface area contributed by atoms with Gasteiger partial charge < -0.3 is 14.7 Å². The minimum absolute atomic E-state index is 0.139. The molecule has 2 heterocycles. The molecule has 384 valence electrons. The second-order valence-electron chi connectivity index (χ2n) is 21.3. The summed E-state index contributed by atoms with van der Waals surface area (Å²) in [5.41, 5.74) is 27.8. The number of benzene rings is 13. The fourth-order valence-electron chi connectivity index (χ4n) is 12.5. The summed E-state index contributed by atoms with van der Waals surface area (Å²) in [4.78, 5) is 7.52. The molecule has 0 aromatic heterocycles. The number of fused-ring (bicyclic) bond motifs is 4. The minimum atomic E-state index is -0.139. The van der Waals surface area contributed by atoms with Gasteiger partial charge in [0.05, 0.1) is 5.69 Å². The Labute approximate surface area is 480 Å². The van der Waals surface area contributed by atoms with E-state index in [1.54, 1.807) is 0 Å². The summed E-state index contributed by atoms with van der Waals surface area (Å²) in [5, 5.41) is 0. The second-order valence-corrected chi connectivity index (χ2v) is 21.3. The highest BCUT2D eigenvalue weighted by Crippen LogP contribution is 2.49. The Bertz CT molecular complexity index is 4100. The van der Waals surface area contributed by atoms with E-state index in [4.69, 9.17) is 0 Å². The van der Waals surface area contributed by atoms with Gasteiger partial charge in [0.25, 0.3) is 6.71 Å². The smallest absolute Gasteiger partial charge is 0.252 e. The first-order valence-corrected chi connectivity index (χ1v) is 28.3. The molecule has 0 amide bonds. The van der Waals surface area contributed by atoms with E-state index in [9.17, 15) is 0 Å². The van der Waals surface area contributed by atoms with Crippen LogP contribution in [-0.2, 0) is 0 Å². The van der Waals surface area contributed by atoms with E-state index >= 15 is 0 Å². The standard InChI is InChI=1S/C78H54BN3/c1-7-19-55(20-8-1)61-31-41-67(42-32-61)80(68-43-33-62(34-44-68)56-21-9-2-10-22-56)71-53-76-78-77(54-71)82(70-47-37-64(38-48-70)58-25-13-4-14-26-58)75-50-40-66(60-29-17-6-18-30-60)52-73(75)79(78)72-51-65(59-27-15-5-16-28-59)39-49-74(72)81(76)69-45-35-63(36-46-69)57-23-11-3-12-24-57/h1-54H. The highest BCUT2D eigenvalue weighted by molar-refractivity contribution is 7.00. The molecule has 13 aromatic rings. The Morgan fingerprint density at radius 1 is 0.207 bits per heavy atom. The van der Waals surface area contributed by atoms with Gasteiger partial charge in [0, 0.05) is 45.5 Å². The lowest BCUT2D eigenvalue weighted by Crippen LogP contribution is -2.61. The first-order valence-electron chi connectivity index (χ1n) is 28.3. The number of hydrogen-bond donors (Lipinski definition) is 0. The van der Waals surface area contributed by atoms with Gasteiger partial charge in [-0.25, -0.2) is 0 Å². The molecule has 3 nitrogen and oxygen atoms in total. The summed E-state index contributed by atoms with van der Waals surface area (Å²) >= 11 is 0. The lowest BCUT2D eigenvalue weighted by molar-refractivity contribution is 1.23. The number of anilines is 9. The summed E-state index contributed by atoms with van der Waals surface area (Å²) in [6, 6.07) is 120. The lowest BCUT2D eigenvalue weighted by atomic mass is 9.33. The summed E-state index contributed by atoms with van der Waals surface area (Å²) in [7, 11) is 0. The predicted octanol–water partition coefficient (Wildman–Crippen LogP) is 19.2. The molecule has 0 aliphatic carbocycles. The van der Waals surface area contributed by atoms with Gasteiger partial charge in [-0.2, -0.15) is 0 Å². The van der Waals surface area contributed by atoms with Crippen molar-refractivity contribution in [1.29, 1.82) is 0 Å². The molecule has 2 aliphatic rings. The lowest BCUT2D eigenvalue weighted by Gasteiger charge is -2.45. The molecule has 0 atom stereocenters. The Hall–Kier alpha value is -10.7. The number of rotatable bonds is 11. The molecule has 0 radical (unpaired) electrons. The average molecular weight is 1040 g/mol. The highest BCUT2D eigenvalue weighted by atomic mass is 15.2. The van der Waals surface area contributed by atoms with Gasteiger partial charge in [-0.15, -0.1) is 0 Å². The van der Waals surface area contributed by atoms with Gasteiger partial charge in [-0.1, -0.05) is 255 Å². The molecule has 0 N–H and O–H groups in total. The van der Waals surface area contributed by atoms with E-state index in [1.807, 2.05) is 0 Å². The molecule has 0 spiro atoms. The summed E-state index contributed by atoms with van der Waals surface area (Å²) in [6.45, 7) is -0.139. The van der Waals surface area contributed by atoms with Crippen LogP contribution in [0, 0.1) is 0 Å². The van der Waals surface area contributed by atoms with E-state index in [2.05, 4.69) is 342 Å². The monoisotopic (exact) mass is 1040 g/mol. The van der Waals surface area contributed by atoms with Crippen LogP contribution < -0.4 is 31.1 Å². The third kappa shape index (κ3) is 8.84. The summed E-state index contributed by atoms with van der Waals surface area (Å²) in [6.07, 6.45) is 0. The number of nitrogens with zero attached hydrogens (tertiary/aromatic N) is 3. The van der Waals surface area contributed by atoms with Crippen LogP contribution in [0.2, 0.25) is 0 Å². The molecule has 0 unspecified atom stereocenters. The highest BCUT2D eigenvalue weighted by Gasteiger charge is 2.44.